The van der Waals surface area contributed by atoms with Crippen LogP contribution in [0.5, 0.6) is 0 Å². The van der Waals surface area contributed by atoms with Crippen molar-refractivity contribution in [3.63, 3.8) is 0 Å². The zero-order valence-corrected chi connectivity index (χ0v) is 20.9. The molecular weight excluding hydrogens is 439 g/mol. The lowest BCUT2D eigenvalue weighted by molar-refractivity contribution is -0.235. The molecule has 190 valence electrons. The highest BCUT2D eigenvalue weighted by Gasteiger charge is 2.77. The summed E-state index contributed by atoms with van der Waals surface area (Å²) >= 11 is 0. The molecule has 3 saturated carbocycles. The van der Waals surface area contributed by atoms with Gasteiger partial charge in [-0.25, -0.2) is 4.39 Å². The molecule has 0 aromatic heterocycles. The highest BCUT2D eigenvalue weighted by molar-refractivity contribution is 5.93. The van der Waals surface area contributed by atoms with Gasteiger partial charge in [0, 0.05) is 35.5 Å². The molecule has 4 rings (SSSR count). The predicted octanol–water partition coefficient (Wildman–Crippen LogP) is 3.86. The van der Waals surface area contributed by atoms with E-state index < -0.39 is 58.4 Å². The maximum atomic E-state index is 17.3. The molecule has 0 aliphatic heterocycles. The summed E-state index contributed by atoms with van der Waals surface area (Å²) in [5.41, 5.74) is -4.71. The first-order valence-electron chi connectivity index (χ1n) is 12.9. The van der Waals surface area contributed by atoms with Crippen LogP contribution in [0.3, 0.4) is 0 Å². The van der Waals surface area contributed by atoms with Crippen LogP contribution >= 0.6 is 0 Å². The molecular formula is C27H39FO6. The third kappa shape index (κ3) is 3.15. The number of carbonyl (C=O) groups is 3. The molecule has 3 fully saturated rings. The number of hydrogen-bond acceptors (Lipinski definition) is 6. The predicted molar refractivity (Wildman–Crippen MR) is 123 cm³/mol. The minimum absolute atomic E-state index is 0.00528. The molecule has 0 saturated heterocycles. The van der Waals surface area contributed by atoms with Gasteiger partial charge in [0.25, 0.3) is 0 Å². The molecule has 0 aromatic rings. The van der Waals surface area contributed by atoms with E-state index in [1.807, 2.05) is 27.7 Å². The fourth-order valence-electron chi connectivity index (χ4n) is 8.43. The normalized spacial score (nSPS) is 45.6. The Balaban J connectivity index is 1.79. The largest absolute Gasteiger partial charge is 0.450 e. The van der Waals surface area contributed by atoms with Gasteiger partial charge in [-0.1, -0.05) is 39.7 Å². The number of esters is 1. The first-order chi connectivity index (χ1) is 15.9. The van der Waals surface area contributed by atoms with E-state index in [0.29, 0.717) is 32.1 Å². The Kier molecular flexibility index (Phi) is 6.38. The van der Waals surface area contributed by atoms with E-state index in [0.717, 1.165) is 12.0 Å². The molecule has 0 aromatic carbocycles. The average molecular weight is 479 g/mol. The van der Waals surface area contributed by atoms with E-state index >= 15 is 4.39 Å². The van der Waals surface area contributed by atoms with E-state index in [4.69, 9.17) is 4.74 Å². The Bertz CT molecular complexity index is 915. The van der Waals surface area contributed by atoms with E-state index in [1.165, 1.54) is 0 Å². The van der Waals surface area contributed by atoms with Gasteiger partial charge in [0.1, 0.15) is 12.3 Å². The summed E-state index contributed by atoms with van der Waals surface area (Å²) in [5, 5.41) is 21.4. The van der Waals surface area contributed by atoms with Gasteiger partial charge in [-0.15, -0.1) is 0 Å². The second kappa shape index (κ2) is 8.51. The van der Waals surface area contributed by atoms with Crippen LogP contribution < -0.4 is 0 Å². The van der Waals surface area contributed by atoms with Crippen molar-refractivity contribution in [1.82, 2.24) is 0 Å². The summed E-state index contributed by atoms with van der Waals surface area (Å²) in [5.74, 6) is -2.32. The van der Waals surface area contributed by atoms with Crippen molar-refractivity contribution in [2.75, 3.05) is 6.61 Å². The standard InChI is InChI=1S/C27H39FO6/c1-5-6-7-23(33)34-27(22(32)15-29)16(2)12-20-19-9-8-17-13-18(30)10-11-24(17,3)26(19,28)21(31)14-25(20,27)4/h13,16,19-21,29,31H,5-12,14-15H2,1-4H3/t16-,19-,20-,21+,24-,25-,26-,27-/m0/s1. The summed E-state index contributed by atoms with van der Waals surface area (Å²) < 4.78 is 23.3. The van der Waals surface area contributed by atoms with Crippen LogP contribution in [0.4, 0.5) is 4.39 Å². The number of aliphatic hydroxyl groups excluding tert-OH is 2. The lowest BCUT2D eigenvalue weighted by Gasteiger charge is -2.63. The number of carbonyl (C=O) groups excluding carboxylic acids is 3. The van der Waals surface area contributed by atoms with Gasteiger partial charge in [-0.05, 0) is 50.5 Å². The van der Waals surface area contributed by atoms with Gasteiger partial charge in [0.15, 0.2) is 11.4 Å². The summed E-state index contributed by atoms with van der Waals surface area (Å²) in [4.78, 5) is 38.2. The van der Waals surface area contributed by atoms with Crippen LogP contribution in [0, 0.1) is 28.6 Å². The number of aliphatic hydroxyl groups is 2. The number of Topliss-reactive ketones (excluding diaryl/α,β-unsaturated/α-hetero) is 1. The van der Waals surface area contributed by atoms with Gasteiger partial charge < -0.3 is 14.9 Å². The first kappa shape index (κ1) is 25.5. The van der Waals surface area contributed by atoms with Crippen LogP contribution in [-0.2, 0) is 19.1 Å². The third-order valence-electron chi connectivity index (χ3n) is 10.1. The summed E-state index contributed by atoms with van der Waals surface area (Å²) in [7, 11) is 0. The summed E-state index contributed by atoms with van der Waals surface area (Å²) in [6.45, 7) is 6.69. The van der Waals surface area contributed by atoms with E-state index in [1.54, 1.807) is 6.08 Å². The van der Waals surface area contributed by atoms with Crippen molar-refractivity contribution in [1.29, 1.82) is 0 Å². The van der Waals surface area contributed by atoms with Crippen molar-refractivity contribution in [2.45, 2.75) is 103 Å². The molecule has 8 atom stereocenters. The quantitative estimate of drug-likeness (QED) is 0.562. The van der Waals surface area contributed by atoms with Crippen molar-refractivity contribution in [3.8, 4) is 0 Å². The van der Waals surface area contributed by atoms with Crippen LogP contribution in [0.2, 0.25) is 0 Å². The zero-order chi connectivity index (χ0) is 25.1. The SMILES string of the molecule is CCCCC(=O)O[C@]1(C(=O)CO)[C@@H](C)C[C@H]2[C@@H]3CCC4=CC(=O)CC[C@]4(C)[C@@]3(F)[C@H](O)C[C@@]21C. The number of allylic oxidation sites excluding steroid dienone is 1. The smallest absolute Gasteiger partial charge is 0.306 e. The molecule has 34 heavy (non-hydrogen) atoms. The lowest BCUT2D eigenvalue weighted by atomic mass is 9.43. The minimum atomic E-state index is -1.94. The van der Waals surface area contributed by atoms with Crippen LogP contribution in [0.1, 0.15) is 85.5 Å². The first-order valence-corrected chi connectivity index (χ1v) is 12.9. The molecule has 0 radical (unpaired) electrons. The molecule has 0 bridgehead atoms. The second-order valence-electron chi connectivity index (χ2n) is 11.7. The summed E-state index contributed by atoms with van der Waals surface area (Å²) in [6.07, 6.45) is 3.86. The topological polar surface area (TPSA) is 101 Å². The number of rotatable bonds is 6. The molecule has 4 aliphatic carbocycles. The number of fused-ring (bicyclic) bond motifs is 5. The van der Waals surface area contributed by atoms with Crippen molar-refractivity contribution < 1.29 is 33.7 Å². The molecule has 0 spiro atoms. The van der Waals surface area contributed by atoms with Crippen LogP contribution in [0.25, 0.3) is 0 Å². The molecule has 0 amide bonds. The van der Waals surface area contributed by atoms with Gasteiger partial charge in [0.2, 0.25) is 5.78 Å². The maximum Gasteiger partial charge on any atom is 0.306 e. The minimum Gasteiger partial charge on any atom is -0.450 e. The zero-order valence-electron chi connectivity index (χ0n) is 20.9. The lowest BCUT2D eigenvalue weighted by Crippen LogP contribution is -2.70. The monoisotopic (exact) mass is 478 g/mol. The third-order valence-corrected chi connectivity index (χ3v) is 10.1. The number of unbranched alkanes of at least 4 members (excludes halogenated alkanes) is 1. The molecule has 0 unspecified atom stereocenters. The van der Waals surface area contributed by atoms with E-state index in [9.17, 15) is 24.6 Å². The van der Waals surface area contributed by atoms with E-state index in [-0.39, 0.29) is 31.0 Å². The van der Waals surface area contributed by atoms with Gasteiger partial charge >= 0.3 is 5.97 Å². The molecule has 7 heteroatoms. The molecule has 6 nitrogen and oxygen atoms in total. The van der Waals surface area contributed by atoms with Gasteiger partial charge in [0.05, 0.1) is 6.10 Å². The van der Waals surface area contributed by atoms with Crippen molar-refractivity contribution in [2.24, 2.45) is 28.6 Å². The number of halogens is 1. The number of alkyl halides is 1. The molecule has 2 N–H and O–H groups in total. The van der Waals surface area contributed by atoms with Crippen molar-refractivity contribution in [3.05, 3.63) is 11.6 Å². The maximum absolute atomic E-state index is 17.3. The number of ketones is 2. The fourth-order valence-corrected chi connectivity index (χ4v) is 8.43. The second-order valence-corrected chi connectivity index (χ2v) is 11.7. The Hall–Kier alpha value is -1.60. The number of hydrogen-bond donors (Lipinski definition) is 2. The van der Waals surface area contributed by atoms with Gasteiger partial charge in [-0.3, -0.25) is 14.4 Å². The fraction of sp³-hybridized carbons (Fsp3) is 0.815. The summed E-state index contributed by atoms with van der Waals surface area (Å²) in [6, 6.07) is 0. The number of ether oxygens (including phenoxy) is 1. The van der Waals surface area contributed by atoms with Crippen LogP contribution in [0.15, 0.2) is 11.6 Å². The Morgan fingerprint density at radius 3 is 2.59 bits per heavy atom. The van der Waals surface area contributed by atoms with Gasteiger partial charge in [-0.2, -0.15) is 0 Å². The Morgan fingerprint density at radius 1 is 1.24 bits per heavy atom. The highest BCUT2D eigenvalue weighted by atomic mass is 19.1. The van der Waals surface area contributed by atoms with Crippen LogP contribution in [-0.4, -0.2) is 51.7 Å². The van der Waals surface area contributed by atoms with Crippen molar-refractivity contribution >= 4 is 17.5 Å². The Morgan fingerprint density at radius 2 is 1.94 bits per heavy atom. The Labute approximate surface area is 201 Å². The molecule has 0 heterocycles. The average Bonchev–Trinajstić information content (AvgIpc) is 3.00. The van der Waals surface area contributed by atoms with E-state index in [2.05, 4.69) is 0 Å². The molecule has 4 aliphatic rings. The highest BCUT2D eigenvalue weighted by Crippen LogP contribution is 2.71.